The van der Waals surface area contributed by atoms with E-state index in [1.807, 2.05) is 77.4 Å². The SMILES string of the molecule is Nc1ncccc1-c1nc2ccc(-c3cccc(NCCO)c3)nc2n1-c1ccc(C2(NC(=O)O)CCC2)cc1. The highest BCUT2D eigenvalue weighted by atomic mass is 16.4. The molecular weight excluding hydrogens is 506 g/mol. The number of aromatic nitrogens is 4. The lowest BCUT2D eigenvalue weighted by atomic mass is 9.72. The molecule has 6 rings (SSSR count). The number of carbonyl (C=O) groups is 1. The van der Waals surface area contributed by atoms with Crippen molar-refractivity contribution in [2.24, 2.45) is 0 Å². The van der Waals surface area contributed by atoms with Crippen LogP contribution in [0, 0.1) is 0 Å². The van der Waals surface area contributed by atoms with Gasteiger partial charge in [0.2, 0.25) is 0 Å². The van der Waals surface area contributed by atoms with Crippen molar-refractivity contribution < 1.29 is 15.0 Å². The number of nitrogens with two attached hydrogens (primary N) is 1. The van der Waals surface area contributed by atoms with Gasteiger partial charge in [0.05, 0.1) is 23.4 Å². The van der Waals surface area contributed by atoms with Crippen LogP contribution in [-0.2, 0) is 5.54 Å². The molecule has 0 radical (unpaired) electrons. The summed E-state index contributed by atoms with van der Waals surface area (Å²) < 4.78 is 1.96. The molecule has 1 aliphatic carbocycles. The number of hydrogen-bond donors (Lipinski definition) is 5. The Balaban J connectivity index is 1.48. The third-order valence-electron chi connectivity index (χ3n) is 7.41. The highest BCUT2D eigenvalue weighted by Gasteiger charge is 2.40. The van der Waals surface area contributed by atoms with Gasteiger partial charge < -0.3 is 26.6 Å². The van der Waals surface area contributed by atoms with Crippen molar-refractivity contribution >= 4 is 28.8 Å². The number of fused-ring (bicyclic) bond motifs is 1. The summed E-state index contributed by atoms with van der Waals surface area (Å²) in [7, 11) is 0. The predicted molar refractivity (Wildman–Crippen MR) is 154 cm³/mol. The summed E-state index contributed by atoms with van der Waals surface area (Å²) in [6, 6.07) is 23.3. The van der Waals surface area contributed by atoms with Gasteiger partial charge in [-0.2, -0.15) is 0 Å². The van der Waals surface area contributed by atoms with Gasteiger partial charge in [-0.1, -0.05) is 24.3 Å². The number of carboxylic acid groups (broad SMARTS) is 1. The molecule has 0 saturated heterocycles. The highest BCUT2D eigenvalue weighted by molar-refractivity contribution is 5.85. The van der Waals surface area contributed by atoms with Crippen molar-refractivity contribution in [3.8, 4) is 28.3 Å². The van der Waals surface area contributed by atoms with E-state index in [1.54, 1.807) is 6.20 Å². The van der Waals surface area contributed by atoms with Gasteiger partial charge in [0.25, 0.3) is 0 Å². The molecule has 3 heterocycles. The highest BCUT2D eigenvalue weighted by Crippen LogP contribution is 2.42. The summed E-state index contributed by atoms with van der Waals surface area (Å²) >= 11 is 0. The number of hydrogen-bond acceptors (Lipinski definition) is 7. The number of nitrogens with one attached hydrogen (secondary N) is 2. The third kappa shape index (κ3) is 4.58. The molecule has 10 heteroatoms. The largest absolute Gasteiger partial charge is 0.465 e. The second kappa shape index (κ2) is 10.3. The Morgan fingerprint density at radius 2 is 1.85 bits per heavy atom. The molecule has 202 valence electrons. The first kappa shape index (κ1) is 25.3. The van der Waals surface area contributed by atoms with E-state index in [4.69, 9.17) is 15.7 Å². The molecule has 0 atom stereocenters. The molecule has 1 fully saturated rings. The van der Waals surface area contributed by atoms with Crippen LogP contribution < -0.4 is 16.4 Å². The number of anilines is 2. The Morgan fingerprint density at radius 1 is 1.02 bits per heavy atom. The van der Waals surface area contributed by atoms with Crippen molar-refractivity contribution in [2.45, 2.75) is 24.8 Å². The second-order valence-corrected chi connectivity index (χ2v) is 9.89. The summed E-state index contributed by atoms with van der Waals surface area (Å²) in [5, 5.41) is 24.5. The number of aliphatic hydroxyl groups excluding tert-OH is 1. The number of nitrogens with zero attached hydrogens (tertiary/aromatic N) is 4. The maximum absolute atomic E-state index is 11.5. The monoisotopic (exact) mass is 535 g/mol. The van der Waals surface area contributed by atoms with Gasteiger partial charge in [-0.15, -0.1) is 0 Å². The van der Waals surface area contributed by atoms with E-state index in [1.165, 1.54) is 0 Å². The molecule has 1 amide bonds. The molecule has 2 aromatic carbocycles. The van der Waals surface area contributed by atoms with Crippen molar-refractivity contribution in [1.29, 1.82) is 0 Å². The standard InChI is InChI=1S/C30H29N7O3/c31-26-23(6-2-15-33-26)27-35-25-12-11-24(19-4-1-5-21(18-19)32-16-17-38)34-28(25)37(27)22-9-7-20(8-10-22)30(13-3-14-30)36-29(39)40/h1-2,4-12,15,18,32,36,38H,3,13-14,16-17H2,(H2,31,33)(H,39,40). The van der Waals surface area contributed by atoms with Crippen molar-refractivity contribution in [3.63, 3.8) is 0 Å². The summed E-state index contributed by atoms with van der Waals surface area (Å²) in [4.78, 5) is 25.7. The zero-order valence-electron chi connectivity index (χ0n) is 21.7. The molecule has 10 nitrogen and oxygen atoms in total. The van der Waals surface area contributed by atoms with E-state index in [0.29, 0.717) is 34.9 Å². The van der Waals surface area contributed by atoms with Crippen LogP contribution in [0.15, 0.2) is 79.0 Å². The quantitative estimate of drug-likeness (QED) is 0.190. The summed E-state index contributed by atoms with van der Waals surface area (Å²) in [6.45, 7) is 0.498. The molecule has 5 aromatic rings. The molecule has 0 aliphatic heterocycles. The van der Waals surface area contributed by atoms with Crippen LogP contribution in [0.25, 0.3) is 39.5 Å². The van der Waals surface area contributed by atoms with E-state index in [-0.39, 0.29) is 6.61 Å². The average molecular weight is 536 g/mol. The molecular formula is C30H29N7O3. The van der Waals surface area contributed by atoms with E-state index >= 15 is 0 Å². The average Bonchev–Trinajstić information content (AvgIpc) is 3.33. The lowest BCUT2D eigenvalue weighted by molar-refractivity contribution is 0.144. The second-order valence-electron chi connectivity index (χ2n) is 9.89. The topological polar surface area (TPSA) is 151 Å². The molecule has 1 aliphatic rings. The maximum atomic E-state index is 11.5. The molecule has 6 N–H and O–H groups in total. The minimum absolute atomic E-state index is 0.0418. The molecule has 0 unspecified atom stereocenters. The van der Waals surface area contributed by atoms with Crippen molar-refractivity contribution in [1.82, 2.24) is 24.8 Å². The number of nitrogen functional groups attached to an aromatic ring is 1. The van der Waals surface area contributed by atoms with Gasteiger partial charge in [0.1, 0.15) is 11.3 Å². The fourth-order valence-corrected chi connectivity index (χ4v) is 5.29. The zero-order valence-corrected chi connectivity index (χ0v) is 21.7. The summed E-state index contributed by atoms with van der Waals surface area (Å²) in [5.74, 6) is 0.969. The summed E-state index contributed by atoms with van der Waals surface area (Å²) in [5.41, 5.74) is 12.1. The number of rotatable bonds is 8. The Bertz CT molecular complexity index is 1690. The van der Waals surface area contributed by atoms with Crippen molar-refractivity contribution in [2.75, 3.05) is 24.2 Å². The Morgan fingerprint density at radius 3 is 2.55 bits per heavy atom. The maximum Gasteiger partial charge on any atom is 0.405 e. The first-order chi connectivity index (χ1) is 19.5. The first-order valence-corrected chi connectivity index (χ1v) is 13.1. The van der Waals surface area contributed by atoms with E-state index in [2.05, 4.69) is 15.6 Å². The van der Waals surface area contributed by atoms with Gasteiger partial charge in [0, 0.05) is 29.7 Å². The normalized spacial score (nSPS) is 14.0. The van der Waals surface area contributed by atoms with Gasteiger partial charge in [-0.05, 0) is 73.4 Å². The summed E-state index contributed by atoms with van der Waals surface area (Å²) in [6.07, 6.45) is 3.12. The molecule has 0 bridgehead atoms. The number of imidazole rings is 1. The van der Waals surface area contributed by atoms with E-state index in [9.17, 15) is 15.0 Å². The van der Waals surface area contributed by atoms with Crippen LogP contribution in [0.4, 0.5) is 16.3 Å². The smallest absolute Gasteiger partial charge is 0.405 e. The molecule has 40 heavy (non-hydrogen) atoms. The number of aliphatic hydroxyl groups is 1. The number of pyridine rings is 2. The fourth-order valence-electron chi connectivity index (χ4n) is 5.29. The van der Waals surface area contributed by atoms with Crippen LogP contribution in [0.5, 0.6) is 0 Å². The van der Waals surface area contributed by atoms with Crippen LogP contribution in [-0.4, -0.2) is 49.0 Å². The van der Waals surface area contributed by atoms with Gasteiger partial charge in [-0.3, -0.25) is 4.57 Å². The minimum Gasteiger partial charge on any atom is -0.465 e. The fraction of sp³-hybridized carbons (Fsp3) is 0.200. The Kier molecular flexibility index (Phi) is 6.53. The zero-order chi connectivity index (χ0) is 27.7. The number of benzene rings is 2. The lowest BCUT2D eigenvalue weighted by Gasteiger charge is -2.42. The van der Waals surface area contributed by atoms with E-state index in [0.717, 1.165) is 47.5 Å². The molecule has 3 aromatic heterocycles. The van der Waals surface area contributed by atoms with E-state index < -0.39 is 11.6 Å². The minimum atomic E-state index is -1.02. The van der Waals surface area contributed by atoms with Crippen molar-refractivity contribution in [3.05, 3.63) is 84.6 Å². The van der Waals surface area contributed by atoms with Crippen LogP contribution in [0.2, 0.25) is 0 Å². The molecule has 0 spiro atoms. The van der Waals surface area contributed by atoms with Gasteiger partial charge >= 0.3 is 6.09 Å². The third-order valence-corrected chi connectivity index (χ3v) is 7.41. The molecule has 1 saturated carbocycles. The van der Waals surface area contributed by atoms with Crippen LogP contribution in [0.1, 0.15) is 24.8 Å². The predicted octanol–water partition coefficient (Wildman–Crippen LogP) is 4.78. The lowest BCUT2D eigenvalue weighted by Crippen LogP contribution is -2.50. The van der Waals surface area contributed by atoms with Gasteiger partial charge in [-0.25, -0.2) is 19.7 Å². The Labute approximate surface area is 230 Å². The number of amides is 1. The van der Waals surface area contributed by atoms with Gasteiger partial charge in [0.15, 0.2) is 11.5 Å². The van der Waals surface area contributed by atoms with Crippen LogP contribution >= 0.6 is 0 Å². The first-order valence-electron chi connectivity index (χ1n) is 13.1. The van der Waals surface area contributed by atoms with Crippen LogP contribution in [0.3, 0.4) is 0 Å². The Hall–Kier alpha value is -4.96.